The van der Waals surface area contributed by atoms with E-state index in [0.29, 0.717) is 48.7 Å². The average Bonchev–Trinajstić information content (AvgIpc) is 2.88. The summed E-state index contributed by atoms with van der Waals surface area (Å²) in [5, 5.41) is 0.521. The van der Waals surface area contributed by atoms with Gasteiger partial charge < -0.3 is 13.9 Å². The van der Waals surface area contributed by atoms with Crippen LogP contribution in [0.4, 0.5) is 5.88 Å². The summed E-state index contributed by atoms with van der Waals surface area (Å²) in [6.45, 7) is 4.03. The Morgan fingerprint density at radius 1 is 0.941 bits per heavy atom. The number of hydrogen-bond donors (Lipinski definition) is 0. The van der Waals surface area contributed by atoms with Crippen LogP contribution in [0.3, 0.4) is 0 Å². The lowest BCUT2D eigenvalue weighted by Gasteiger charge is -2.37. The quantitative estimate of drug-likeness (QED) is 0.315. The molecule has 0 bridgehead atoms. The molecule has 0 atom stereocenters. The molecule has 1 saturated heterocycles. The van der Waals surface area contributed by atoms with Crippen LogP contribution in [-0.4, -0.2) is 39.0 Å². The number of fused-ring (bicyclic) bond motifs is 1. The summed E-state index contributed by atoms with van der Waals surface area (Å²) in [5.74, 6) is 0.0676. The molecule has 6 heteroatoms. The van der Waals surface area contributed by atoms with Crippen LogP contribution in [-0.2, 0) is 9.47 Å². The third-order valence-electron chi connectivity index (χ3n) is 6.35. The van der Waals surface area contributed by atoms with Gasteiger partial charge in [0, 0.05) is 5.56 Å². The van der Waals surface area contributed by atoms with Gasteiger partial charge >= 0.3 is 11.9 Å². The van der Waals surface area contributed by atoms with Crippen molar-refractivity contribution in [1.29, 1.82) is 0 Å². The van der Waals surface area contributed by atoms with Crippen molar-refractivity contribution in [3.63, 3.8) is 0 Å². The number of carbonyl (C=O) groups excluding carboxylic acids is 1. The predicted molar refractivity (Wildman–Crippen MR) is 132 cm³/mol. The number of hydrogen-bond acceptors (Lipinski definition) is 5. The minimum absolute atomic E-state index is 0.0536. The van der Waals surface area contributed by atoms with Gasteiger partial charge in [-0.1, -0.05) is 60.2 Å². The van der Waals surface area contributed by atoms with Gasteiger partial charge in [-0.25, -0.2) is 9.28 Å². The highest BCUT2D eigenvalue weighted by Crippen LogP contribution is 2.33. The van der Waals surface area contributed by atoms with Crippen LogP contribution in [0.1, 0.15) is 15.9 Å². The fourth-order valence-corrected chi connectivity index (χ4v) is 4.30. The molecule has 0 radical (unpaired) electrons. The van der Waals surface area contributed by atoms with Crippen molar-refractivity contribution < 1.29 is 18.7 Å². The lowest BCUT2D eigenvalue weighted by Crippen LogP contribution is -2.58. The monoisotopic (exact) mass is 456 g/mol. The van der Waals surface area contributed by atoms with E-state index in [1.54, 1.807) is 18.2 Å². The highest BCUT2D eigenvalue weighted by atomic mass is 16.6. The lowest BCUT2D eigenvalue weighted by atomic mass is 10.0. The van der Waals surface area contributed by atoms with Gasteiger partial charge in [0.25, 0.3) is 0 Å². The van der Waals surface area contributed by atoms with E-state index < -0.39 is 5.97 Å². The van der Waals surface area contributed by atoms with Crippen LogP contribution in [0.2, 0.25) is 0 Å². The molecule has 1 aliphatic heterocycles. The molecule has 3 aromatic carbocycles. The second-order valence-electron chi connectivity index (χ2n) is 8.63. The Balaban J connectivity index is 1.55. The third-order valence-corrected chi connectivity index (χ3v) is 6.35. The molecule has 6 nitrogen and oxygen atoms in total. The molecule has 34 heavy (non-hydrogen) atoms. The van der Waals surface area contributed by atoms with E-state index in [2.05, 4.69) is 0 Å². The molecule has 4 aromatic rings. The maximum absolute atomic E-state index is 13.2. The van der Waals surface area contributed by atoms with E-state index in [-0.39, 0.29) is 16.6 Å². The standard InChI is InChI=1S/C28H26NO5/c1-20-10-12-22(13-11-20)28(31)33-19-29(14-16-32-17-15-29)26-18-25(30)24-9-5-8-23(27(24)34-26)21-6-3-2-4-7-21/h2-13,18H,14-17,19H2,1H3/q+1. The number of rotatable bonds is 5. The van der Waals surface area contributed by atoms with E-state index in [0.717, 1.165) is 16.7 Å². The number of morpholine rings is 1. The Labute approximate surface area is 197 Å². The molecule has 172 valence electrons. The molecule has 2 heterocycles. The van der Waals surface area contributed by atoms with E-state index in [9.17, 15) is 9.59 Å². The zero-order valence-corrected chi connectivity index (χ0v) is 19.0. The highest BCUT2D eigenvalue weighted by Gasteiger charge is 2.38. The number of benzene rings is 3. The minimum atomic E-state index is -0.405. The van der Waals surface area contributed by atoms with Gasteiger partial charge in [0.2, 0.25) is 6.73 Å². The van der Waals surface area contributed by atoms with E-state index in [1.807, 2.05) is 61.5 Å². The maximum atomic E-state index is 13.2. The van der Waals surface area contributed by atoms with Gasteiger partial charge in [-0.2, -0.15) is 0 Å². The zero-order chi connectivity index (χ0) is 23.5. The molecule has 0 spiro atoms. The second kappa shape index (κ2) is 9.25. The van der Waals surface area contributed by atoms with Gasteiger partial charge in [-0.3, -0.25) is 4.79 Å². The molecule has 1 fully saturated rings. The molecule has 0 N–H and O–H groups in total. The molecule has 0 aliphatic carbocycles. The van der Waals surface area contributed by atoms with Crippen molar-refractivity contribution in [2.75, 3.05) is 33.0 Å². The van der Waals surface area contributed by atoms with E-state index >= 15 is 0 Å². The Morgan fingerprint density at radius 3 is 2.41 bits per heavy atom. The minimum Gasteiger partial charge on any atom is -0.411 e. The van der Waals surface area contributed by atoms with Crippen LogP contribution in [0.15, 0.2) is 88.1 Å². The molecular formula is C28H26NO5+. The first kappa shape index (κ1) is 22.1. The van der Waals surface area contributed by atoms with Crippen LogP contribution in [0, 0.1) is 6.92 Å². The summed E-state index contributed by atoms with van der Waals surface area (Å²) in [7, 11) is 0. The van der Waals surface area contributed by atoms with Crippen molar-refractivity contribution in [3.8, 4) is 11.1 Å². The van der Waals surface area contributed by atoms with Crippen LogP contribution in [0.25, 0.3) is 22.1 Å². The topological polar surface area (TPSA) is 65.7 Å². The first-order valence-corrected chi connectivity index (χ1v) is 11.4. The molecule has 1 aliphatic rings. The molecule has 0 unspecified atom stereocenters. The van der Waals surface area contributed by atoms with E-state index in [4.69, 9.17) is 13.9 Å². The molecule has 0 saturated carbocycles. The fourth-order valence-electron chi connectivity index (χ4n) is 4.30. The van der Waals surface area contributed by atoms with Crippen molar-refractivity contribution in [1.82, 2.24) is 4.48 Å². The number of nitrogens with zero attached hydrogens (tertiary/aromatic N) is 1. The number of carbonyl (C=O) groups is 1. The maximum Gasteiger partial charge on any atom is 0.342 e. The van der Waals surface area contributed by atoms with Crippen molar-refractivity contribution in [2.24, 2.45) is 0 Å². The Morgan fingerprint density at radius 2 is 1.68 bits per heavy atom. The average molecular weight is 457 g/mol. The molecular weight excluding hydrogens is 430 g/mol. The summed E-state index contributed by atoms with van der Waals surface area (Å²) >= 11 is 0. The smallest absolute Gasteiger partial charge is 0.342 e. The molecule has 1 aromatic heterocycles. The number of aryl methyl sites for hydroxylation is 1. The number of esters is 1. The molecule has 0 amide bonds. The number of para-hydroxylation sites is 1. The second-order valence-corrected chi connectivity index (χ2v) is 8.63. The van der Waals surface area contributed by atoms with E-state index in [1.165, 1.54) is 6.07 Å². The summed E-state index contributed by atoms with van der Waals surface area (Å²) in [4.78, 5) is 25.9. The number of ether oxygens (including phenoxy) is 2. The predicted octanol–water partition coefficient (Wildman–Crippen LogP) is 4.92. The van der Waals surface area contributed by atoms with Crippen LogP contribution < -0.4 is 9.91 Å². The summed E-state index contributed by atoms with van der Waals surface area (Å²) in [6.07, 6.45) is 0. The number of quaternary nitrogens is 1. The van der Waals surface area contributed by atoms with Crippen LogP contribution in [0.5, 0.6) is 0 Å². The van der Waals surface area contributed by atoms with Gasteiger partial charge in [-0.05, 0) is 30.7 Å². The van der Waals surface area contributed by atoms with Crippen molar-refractivity contribution in [2.45, 2.75) is 6.92 Å². The third kappa shape index (κ3) is 4.25. The van der Waals surface area contributed by atoms with Gasteiger partial charge in [-0.15, -0.1) is 0 Å². The zero-order valence-electron chi connectivity index (χ0n) is 19.0. The van der Waals surface area contributed by atoms with Gasteiger partial charge in [0.05, 0.1) is 30.2 Å². The molecule has 5 rings (SSSR count). The highest BCUT2D eigenvalue weighted by molar-refractivity contribution is 5.92. The normalized spacial score (nSPS) is 15.2. The fraction of sp³-hybridized carbons (Fsp3) is 0.214. The summed E-state index contributed by atoms with van der Waals surface area (Å²) in [6, 6.07) is 24.2. The van der Waals surface area contributed by atoms with Crippen molar-refractivity contribution in [3.05, 3.63) is 100 Å². The Kier molecular flexibility index (Phi) is 6.01. The van der Waals surface area contributed by atoms with Gasteiger partial charge in [0.1, 0.15) is 13.1 Å². The summed E-state index contributed by atoms with van der Waals surface area (Å²) < 4.78 is 18.0. The SMILES string of the molecule is Cc1ccc(C(=O)OC[N+]2(c3cc(=O)c4cccc(-c5ccccc5)c4o3)CCOCC2)cc1. The van der Waals surface area contributed by atoms with Gasteiger partial charge in [0.15, 0.2) is 11.0 Å². The largest absolute Gasteiger partial charge is 0.411 e. The van der Waals surface area contributed by atoms with Crippen LogP contribution >= 0.6 is 0 Å². The summed E-state index contributed by atoms with van der Waals surface area (Å²) in [5.41, 5.74) is 3.78. The first-order chi connectivity index (χ1) is 16.6. The first-order valence-electron chi connectivity index (χ1n) is 11.4. The lowest BCUT2D eigenvalue weighted by molar-refractivity contribution is -0.0242. The van der Waals surface area contributed by atoms with Crippen molar-refractivity contribution >= 4 is 22.8 Å². The Hall–Kier alpha value is -3.74. The Bertz CT molecular complexity index is 1370.